The van der Waals surface area contributed by atoms with Gasteiger partial charge in [0.05, 0.1) is 9.82 Å². The Bertz CT molecular complexity index is 820. The number of pyridine rings is 1. The maximum absolute atomic E-state index is 11.8. The Labute approximate surface area is 155 Å². The number of hydrogen-bond acceptors (Lipinski definition) is 7. The molecule has 0 spiro atoms. The Morgan fingerprint density at radius 1 is 1.23 bits per heavy atom. The number of amides is 1. The number of nitro benzene ring substituents is 1. The molecular formula is C17H19N3O5S. The number of carbonyl (C=O) groups is 1. The van der Waals surface area contributed by atoms with Gasteiger partial charge in [-0.05, 0) is 39.2 Å². The highest BCUT2D eigenvalue weighted by Gasteiger charge is 2.17. The molecule has 26 heavy (non-hydrogen) atoms. The predicted octanol–water partition coefficient (Wildman–Crippen LogP) is 4.85. The molecule has 1 aromatic carbocycles. The minimum Gasteiger partial charge on any atom is -0.457 e. The van der Waals surface area contributed by atoms with Crippen molar-refractivity contribution in [3.63, 3.8) is 0 Å². The number of nitrogens with one attached hydrogen (secondary N) is 1. The lowest BCUT2D eigenvalue weighted by Crippen LogP contribution is -2.27. The average molecular weight is 377 g/mol. The lowest BCUT2D eigenvalue weighted by atomic mass is 10.2. The second kappa shape index (κ2) is 8.05. The molecule has 1 N–H and O–H groups in total. The molecule has 0 aliphatic heterocycles. The second-order valence-electron chi connectivity index (χ2n) is 6.20. The molecule has 0 unspecified atom stereocenters. The minimum absolute atomic E-state index is 0.0202. The molecule has 0 saturated carbocycles. The van der Waals surface area contributed by atoms with Crippen LogP contribution in [0.4, 0.5) is 16.3 Å². The largest absolute Gasteiger partial charge is 0.457 e. The van der Waals surface area contributed by atoms with Gasteiger partial charge < -0.3 is 9.47 Å². The number of nitro groups is 1. The maximum Gasteiger partial charge on any atom is 0.413 e. The lowest BCUT2D eigenvalue weighted by Gasteiger charge is -2.19. The molecule has 0 aliphatic carbocycles. The summed E-state index contributed by atoms with van der Waals surface area (Å²) in [5.74, 6) is 1.13. The molecule has 0 aliphatic rings. The first kappa shape index (κ1) is 19.5. The molecule has 2 aromatic rings. The highest BCUT2D eigenvalue weighted by molar-refractivity contribution is 7.98. The van der Waals surface area contributed by atoms with Gasteiger partial charge in [-0.1, -0.05) is 0 Å². The summed E-state index contributed by atoms with van der Waals surface area (Å²) in [4.78, 5) is 26.9. The van der Waals surface area contributed by atoms with Crippen molar-refractivity contribution in [1.82, 2.24) is 4.98 Å². The molecule has 2 rings (SSSR count). The Morgan fingerprint density at radius 3 is 2.54 bits per heavy atom. The summed E-state index contributed by atoms with van der Waals surface area (Å²) in [5, 5.41) is 13.5. The second-order valence-corrected chi connectivity index (χ2v) is 7.04. The summed E-state index contributed by atoms with van der Waals surface area (Å²) < 4.78 is 10.9. The van der Waals surface area contributed by atoms with Crippen LogP contribution in [0.3, 0.4) is 0 Å². The van der Waals surface area contributed by atoms with Crippen molar-refractivity contribution in [3.05, 3.63) is 46.6 Å². The van der Waals surface area contributed by atoms with Crippen LogP contribution in [0.1, 0.15) is 20.8 Å². The first-order valence-corrected chi connectivity index (χ1v) is 8.87. The van der Waals surface area contributed by atoms with Gasteiger partial charge in [0.2, 0.25) is 0 Å². The van der Waals surface area contributed by atoms with E-state index in [9.17, 15) is 14.9 Å². The predicted molar refractivity (Wildman–Crippen MR) is 99.0 cm³/mol. The molecule has 9 heteroatoms. The molecule has 0 fully saturated rings. The number of anilines is 1. The van der Waals surface area contributed by atoms with E-state index in [1.165, 1.54) is 36.2 Å². The number of benzene rings is 1. The van der Waals surface area contributed by atoms with Crippen LogP contribution in [0.2, 0.25) is 0 Å². The zero-order valence-corrected chi connectivity index (χ0v) is 15.6. The third kappa shape index (κ3) is 5.62. The van der Waals surface area contributed by atoms with Crippen molar-refractivity contribution in [3.8, 4) is 11.5 Å². The summed E-state index contributed by atoms with van der Waals surface area (Å²) in [6.45, 7) is 5.28. The van der Waals surface area contributed by atoms with Crippen LogP contribution in [0, 0.1) is 10.1 Å². The monoisotopic (exact) mass is 377 g/mol. The van der Waals surface area contributed by atoms with E-state index in [0.717, 1.165) is 0 Å². The number of ether oxygens (including phenoxy) is 2. The van der Waals surface area contributed by atoms with Crippen molar-refractivity contribution in [2.45, 2.75) is 31.3 Å². The third-order valence-corrected chi connectivity index (χ3v) is 3.71. The highest BCUT2D eigenvalue weighted by Crippen LogP contribution is 2.33. The van der Waals surface area contributed by atoms with E-state index in [1.54, 1.807) is 39.2 Å². The van der Waals surface area contributed by atoms with E-state index < -0.39 is 16.6 Å². The number of thioether (sulfide) groups is 1. The van der Waals surface area contributed by atoms with E-state index in [-0.39, 0.29) is 11.5 Å². The average Bonchev–Trinajstić information content (AvgIpc) is 2.52. The summed E-state index contributed by atoms with van der Waals surface area (Å²) >= 11 is 1.26. The Hall–Kier alpha value is -2.81. The summed E-state index contributed by atoms with van der Waals surface area (Å²) in [6.07, 6.45) is 2.60. The third-order valence-electron chi connectivity index (χ3n) is 2.94. The van der Waals surface area contributed by atoms with Crippen LogP contribution < -0.4 is 10.1 Å². The molecule has 0 bridgehead atoms. The zero-order valence-electron chi connectivity index (χ0n) is 14.8. The van der Waals surface area contributed by atoms with Gasteiger partial charge in [0.1, 0.15) is 22.9 Å². The maximum atomic E-state index is 11.8. The van der Waals surface area contributed by atoms with Crippen LogP contribution in [-0.4, -0.2) is 27.9 Å². The van der Waals surface area contributed by atoms with Crippen molar-refractivity contribution in [2.24, 2.45) is 0 Å². The molecule has 0 saturated heterocycles. The molecule has 0 atom stereocenters. The van der Waals surface area contributed by atoms with Crippen LogP contribution in [-0.2, 0) is 4.74 Å². The van der Waals surface area contributed by atoms with Gasteiger partial charge in [0.15, 0.2) is 0 Å². The molecular weight excluding hydrogens is 358 g/mol. The molecule has 0 radical (unpaired) electrons. The Balaban J connectivity index is 2.13. The van der Waals surface area contributed by atoms with Gasteiger partial charge in [-0.15, -0.1) is 11.8 Å². The smallest absolute Gasteiger partial charge is 0.413 e. The summed E-state index contributed by atoms with van der Waals surface area (Å²) in [6, 6.07) is 7.64. The molecule has 1 heterocycles. The fourth-order valence-electron chi connectivity index (χ4n) is 1.96. The minimum atomic E-state index is -0.623. The van der Waals surface area contributed by atoms with E-state index in [2.05, 4.69) is 10.3 Å². The first-order valence-electron chi connectivity index (χ1n) is 7.64. The van der Waals surface area contributed by atoms with Gasteiger partial charge in [-0.2, -0.15) is 0 Å². The number of nitrogens with zero attached hydrogens (tertiary/aromatic N) is 2. The SMILES string of the molecule is CSc1cc(Oc2ccnc(NC(=O)OC(C)(C)C)c2)ccc1[N+](=O)[O-]. The standard InChI is InChI=1S/C17H19N3O5S/c1-17(2,3)25-16(21)19-15-10-12(7-8-18-15)24-11-5-6-13(20(22)23)14(9-11)26-4/h5-10H,1-4H3,(H,18,19,21). The van der Waals surface area contributed by atoms with Gasteiger partial charge >= 0.3 is 6.09 Å². The Morgan fingerprint density at radius 2 is 1.92 bits per heavy atom. The van der Waals surface area contributed by atoms with Crippen LogP contribution >= 0.6 is 11.8 Å². The number of hydrogen-bond donors (Lipinski definition) is 1. The van der Waals surface area contributed by atoms with Crippen LogP contribution in [0.5, 0.6) is 11.5 Å². The van der Waals surface area contributed by atoms with Gasteiger partial charge in [-0.25, -0.2) is 9.78 Å². The van der Waals surface area contributed by atoms with Crippen molar-refractivity contribution in [1.29, 1.82) is 0 Å². The molecule has 1 aromatic heterocycles. The topological polar surface area (TPSA) is 104 Å². The zero-order chi connectivity index (χ0) is 19.3. The Kier molecular flexibility index (Phi) is 6.04. The van der Waals surface area contributed by atoms with E-state index >= 15 is 0 Å². The van der Waals surface area contributed by atoms with Crippen LogP contribution in [0.25, 0.3) is 0 Å². The number of rotatable bonds is 5. The fraction of sp³-hybridized carbons (Fsp3) is 0.294. The quantitative estimate of drug-likeness (QED) is 0.451. The summed E-state index contributed by atoms with van der Waals surface area (Å²) in [5.41, 5.74) is -0.600. The molecule has 8 nitrogen and oxygen atoms in total. The lowest BCUT2D eigenvalue weighted by molar-refractivity contribution is -0.387. The van der Waals surface area contributed by atoms with Gasteiger partial charge in [-0.3, -0.25) is 15.4 Å². The fourth-order valence-corrected chi connectivity index (χ4v) is 2.55. The van der Waals surface area contributed by atoms with Crippen molar-refractivity contribution >= 4 is 29.4 Å². The molecule has 1 amide bonds. The van der Waals surface area contributed by atoms with Crippen molar-refractivity contribution in [2.75, 3.05) is 11.6 Å². The number of aromatic nitrogens is 1. The number of carbonyl (C=O) groups excluding carboxylic acids is 1. The molecule has 138 valence electrons. The first-order chi connectivity index (χ1) is 12.2. The normalized spacial score (nSPS) is 10.9. The van der Waals surface area contributed by atoms with Crippen LogP contribution in [0.15, 0.2) is 41.4 Å². The summed E-state index contributed by atoms with van der Waals surface area (Å²) in [7, 11) is 0. The van der Waals surface area contributed by atoms with Gasteiger partial charge in [0, 0.05) is 24.4 Å². The van der Waals surface area contributed by atoms with Crippen molar-refractivity contribution < 1.29 is 19.2 Å². The highest BCUT2D eigenvalue weighted by atomic mass is 32.2. The van der Waals surface area contributed by atoms with Gasteiger partial charge in [0.25, 0.3) is 5.69 Å². The van der Waals surface area contributed by atoms with E-state index in [4.69, 9.17) is 9.47 Å². The van der Waals surface area contributed by atoms with E-state index in [0.29, 0.717) is 16.4 Å². The van der Waals surface area contributed by atoms with E-state index in [1.807, 2.05) is 0 Å².